The van der Waals surface area contributed by atoms with E-state index in [-0.39, 0.29) is 12.5 Å². The van der Waals surface area contributed by atoms with Gasteiger partial charge in [-0.3, -0.25) is 4.79 Å². The van der Waals surface area contributed by atoms with Crippen molar-refractivity contribution in [3.05, 3.63) is 23.3 Å². The standard InChI is InChI=1S/C14H21NO4/c1-8(2)9-5-10(11(7-15)14(16)17)13(19-4)12(6-9)18-3/h5-6,8,11H,7,15H2,1-4H3,(H,16,17). The Labute approximate surface area is 113 Å². The van der Waals surface area contributed by atoms with Crippen LogP contribution >= 0.6 is 0 Å². The number of carbonyl (C=O) groups is 1. The molecule has 1 unspecified atom stereocenters. The smallest absolute Gasteiger partial charge is 0.312 e. The topological polar surface area (TPSA) is 81.8 Å². The Balaban J connectivity index is 3.48. The van der Waals surface area contributed by atoms with Crippen molar-refractivity contribution in [2.24, 2.45) is 5.73 Å². The molecule has 0 bridgehead atoms. The van der Waals surface area contributed by atoms with Gasteiger partial charge < -0.3 is 20.3 Å². The molecule has 3 N–H and O–H groups in total. The van der Waals surface area contributed by atoms with E-state index in [1.54, 1.807) is 0 Å². The van der Waals surface area contributed by atoms with Gasteiger partial charge in [-0.05, 0) is 17.5 Å². The summed E-state index contributed by atoms with van der Waals surface area (Å²) in [6, 6.07) is 3.69. The lowest BCUT2D eigenvalue weighted by atomic mass is 9.92. The molecule has 5 heteroatoms. The molecule has 1 aromatic rings. The van der Waals surface area contributed by atoms with Gasteiger partial charge >= 0.3 is 5.97 Å². The summed E-state index contributed by atoms with van der Waals surface area (Å²) in [5.41, 5.74) is 7.12. The Kier molecular flexibility index (Phi) is 5.18. The summed E-state index contributed by atoms with van der Waals surface area (Å²) in [5, 5.41) is 9.26. The van der Waals surface area contributed by atoms with Crippen molar-refractivity contribution in [1.29, 1.82) is 0 Å². The third-order valence-corrected chi connectivity index (χ3v) is 3.11. The predicted octanol–water partition coefficient (Wildman–Crippen LogP) is 1.95. The fraction of sp³-hybridized carbons (Fsp3) is 0.500. The van der Waals surface area contributed by atoms with Crippen molar-refractivity contribution in [2.75, 3.05) is 20.8 Å². The average Bonchev–Trinajstić information content (AvgIpc) is 2.37. The molecular formula is C14H21NO4. The van der Waals surface area contributed by atoms with E-state index in [1.165, 1.54) is 14.2 Å². The lowest BCUT2D eigenvalue weighted by Crippen LogP contribution is -2.22. The summed E-state index contributed by atoms with van der Waals surface area (Å²) in [6.07, 6.45) is 0. The first kappa shape index (κ1) is 15.3. The number of carboxylic acids is 1. The van der Waals surface area contributed by atoms with Crippen molar-refractivity contribution in [2.45, 2.75) is 25.7 Å². The number of rotatable bonds is 6. The SMILES string of the molecule is COc1cc(C(C)C)cc(C(CN)C(=O)O)c1OC. The van der Waals surface area contributed by atoms with Crippen LogP contribution < -0.4 is 15.2 Å². The van der Waals surface area contributed by atoms with E-state index in [4.69, 9.17) is 15.2 Å². The highest BCUT2D eigenvalue weighted by atomic mass is 16.5. The van der Waals surface area contributed by atoms with Crippen LogP contribution in [0, 0.1) is 0 Å². The van der Waals surface area contributed by atoms with Gasteiger partial charge in [-0.1, -0.05) is 19.9 Å². The first-order valence-corrected chi connectivity index (χ1v) is 6.14. The molecule has 106 valence electrons. The lowest BCUT2D eigenvalue weighted by molar-refractivity contribution is -0.138. The molecule has 0 aromatic heterocycles. The minimum Gasteiger partial charge on any atom is -0.493 e. The zero-order valence-electron chi connectivity index (χ0n) is 11.8. The molecule has 0 radical (unpaired) electrons. The van der Waals surface area contributed by atoms with Gasteiger partial charge in [0.05, 0.1) is 20.1 Å². The van der Waals surface area contributed by atoms with Crippen molar-refractivity contribution in [3.63, 3.8) is 0 Å². The Morgan fingerprint density at radius 2 is 1.95 bits per heavy atom. The molecule has 0 heterocycles. The maximum Gasteiger partial charge on any atom is 0.312 e. The zero-order valence-corrected chi connectivity index (χ0v) is 11.8. The van der Waals surface area contributed by atoms with E-state index in [9.17, 15) is 9.90 Å². The second-order valence-electron chi connectivity index (χ2n) is 4.63. The van der Waals surface area contributed by atoms with Crippen molar-refractivity contribution >= 4 is 5.97 Å². The molecule has 1 aromatic carbocycles. The minimum atomic E-state index is -0.969. The highest BCUT2D eigenvalue weighted by molar-refractivity contribution is 5.78. The Morgan fingerprint density at radius 3 is 2.32 bits per heavy atom. The van der Waals surface area contributed by atoms with E-state index in [0.717, 1.165) is 5.56 Å². The van der Waals surface area contributed by atoms with Gasteiger partial charge in [0.1, 0.15) is 0 Å². The fourth-order valence-corrected chi connectivity index (χ4v) is 1.97. The van der Waals surface area contributed by atoms with Crippen LogP contribution in [-0.2, 0) is 4.79 Å². The number of nitrogens with two attached hydrogens (primary N) is 1. The van der Waals surface area contributed by atoms with Crippen LogP contribution in [0.3, 0.4) is 0 Å². The largest absolute Gasteiger partial charge is 0.493 e. The van der Waals surface area contributed by atoms with E-state index >= 15 is 0 Å². The first-order chi connectivity index (χ1) is 8.96. The van der Waals surface area contributed by atoms with Crippen LogP contribution in [0.15, 0.2) is 12.1 Å². The molecular weight excluding hydrogens is 246 g/mol. The minimum absolute atomic E-state index is 0.0103. The second-order valence-corrected chi connectivity index (χ2v) is 4.63. The van der Waals surface area contributed by atoms with Crippen LogP contribution in [0.25, 0.3) is 0 Å². The maximum absolute atomic E-state index is 11.3. The number of aliphatic carboxylic acids is 1. The van der Waals surface area contributed by atoms with E-state index in [0.29, 0.717) is 17.1 Å². The highest BCUT2D eigenvalue weighted by Crippen LogP contribution is 2.38. The number of benzene rings is 1. The van der Waals surface area contributed by atoms with Crippen LogP contribution in [0.1, 0.15) is 36.8 Å². The summed E-state index contributed by atoms with van der Waals surface area (Å²) in [4.78, 5) is 11.3. The number of carboxylic acid groups (broad SMARTS) is 1. The number of ether oxygens (including phenoxy) is 2. The summed E-state index contributed by atoms with van der Waals surface area (Å²) in [7, 11) is 3.02. The molecule has 0 aliphatic rings. The molecule has 0 aliphatic heterocycles. The maximum atomic E-state index is 11.3. The highest BCUT2D eigenvalue weighted by Gasteiger charge is 2.25. The zero-order chi connectivity index (χ0) is 14.6. The average molecular weight is 267 g/mol. The van der Waals surface area contributed by atoms with Crippen LogP contribution in [-0.4, -0.2) is 31.8 Å². The second kappa shape index (κ2) is 6.43. The fourth-order valence-electron chi connectivity index (χ4n) is 1.97. The van der Waals surface area contributed by atoms with Crippen molar-refractivity contribution in [1.82, 2.24) is 0 Å². The lowest BCUT2D eigenvalue weighted by Gasteiger charge is -2.20. The first-order valence-electron chi connectivity index (χ1n) is 6.14. The van der Waals surface area contributed by atoms with Crippen LogP contribution in [0.5, 0.6) is 11.5 Å². The Morgan fingerprint density at radius 1 is 1.32 bits per heavy atom. The van der Waals surface area contributed by atoms with Gasteiger partial charge in [-0.15, -0.1) is 0 Å². The van der Waals surface area contributed by atoms with Crippen molar-refractivity contribution in [3.8, 4) is 11.5 Å². The Bertz CT molecular complexity index is 457. The Hall–Kier alpha value is -1.75. The van der Waals surface area contributed by atoms with Gasteiger partial charge in [0, 0.05) is 12.1 Å². The predicted molar refractivity (Wildman–Crippen MR) is 73.1 cm³/mol. The van der Waals surface area contributed by atoms with Gasteiger partial charge in [-0.25, -0.2) is 0 Å². The van der Waals surface area contributed by atoms with Crippen LogP contribution in [0.4, 0.5) is 0 Å². The molecule has 0 spiro atoms. The third-order valence-electron chi connectivity index (χ3n) is 3.11. The number of methoxy groups -OCH3 is 2. The van der Waals surface area contributed by atoms with E-state index in [2.05, 4.69) is 0 Å². The summed E-state index contributed by atoms with van der Waals surface area (Å²) >= 11 is 0. The molecule has 0 amide bonds. The monoisotopic (exact) mass is 267 g/mol. The molecule has 19 heavy (non-hydrogen) atoms. The summed E-state index contributed by atoms with van der Waals surface area (Å²) in [5.74, 6) is -0.551. The van der Waals surface area contributed by atoms with Crippen molar-refractivity contribution < 1.29 is 19.4 Å². The van der Waals surface area contributed by atoms with E-state index in [1.807, 2.05) is 26.0 Å². The molecule has 5 nitrogen and oxygen atoms in total. The van der Waals surface area contributed by atoms with Gasteiger partial charge in [0.25, 0.3) is 0 Å². The van der Waals surface area contributed by atoms with Gasteiger partial charge in [0.15, 0.2) is 11.5 Å². The van der Waals surface area contributed by atoms with Gasteiger partial charge in [-0.2, -0.15) is 0 Å². The number of hydrogen-bond donors (Lipinski definition) is 2. The molecule has 0 fully saturated rings. The summed E-state index contributed by atoms with van der Waals surface area (Å²) < 4.78 is 10.6. The molecule has 0 saturated carbocycles. The van der Waals surface area contributed by atoms with Gasteiger partial charge in [0.2, 0.25) is 0 Å². The number of hydrogen-bond acceptors (Lipinski definition) is 4. The normalized spacial score (nSPS) is 12.3. The van der Waals surface area contributed by atoms with Crippen LogP contribution in [0.2, 0.25) is 0 Å². The molecule has 0 saturated heterocycles. The molecule has 1 atom stereocenters. The quantitative estimate of drug-likeness (QED) is 0.823. The van der Waals surface area contributed by atoms with E-state index < -0.39 is 11.9 Å². The molecule has 0 aliphatic carbocycles. The molecule has 1 rings (SSSR count). The summed E-state index contributed by atoms with van der Waals surface area (Å²) in [6.45, 7) is 4.07. The third kappa shape index (κ3) is 3.17.